The van der Waals surface area contributed by atoms with Gasteiger partial charge in [-0.05, 0) is 44.0 Å². The average Bonchev–Trinajstić information content (AvgIpc) is 3.21. The zero-order valence-corrected chi connectivity index (χ0v) is 21.2. The zero-order chi connectivity index (χ0) is 27.9. The highest BCUT2D eigenvalue weighted by atomic mass is 19.4. The van der Waals surface area contributed by atoms with Crippen LogP contribution < -0.4 is 16.0 Å². The van der Waals surface area contributed by atoms with Crippen molar-refractivity contribution < 1.29 is 37.0 Å². The molecule has 2 aromatic rings. The van der Waals surface area contributed by atoms with Gasteiger partial charge in [0.25, 0.3) is 5.91 Å². The van der Waals surface area contributed by atoms with Gasteiger partial charge in [0.1, 0.15) is 24.5 Å². The number of nitrogens with zero attached hydrogens (tertiary/aromatic N) is 2. The Kier molecular flexibility index (Phi) is 9.15. The van der Waals surface area contributed by atoms with Crippen LogP contribution in [0.2, 0.25) is 0 Å². The molecule has 38 heavy (non-hydrogen) atoms. The molecular weight excluding hydrogens is 507 g/mol. The molecule has 3 rings (SSSR count). The van der Waals surface area contributed by atoms with E-state index in [-0.39, 0.29) is 25.6 Å². The number of urea groups is 1. The highest BCUT2D eigenvalue weighted by Gasteiger charge is 2.46. The van der Waals surface area contributed by atoms with E-state index in [1.165, 1.54) is 18.3 Å². The summed E-state index contributed by atoms with van der Waals surface area (Å²) in [4.78, 5) is 42.4. The number of nitrogens with one attached hydrogen (secondary N) is 3. The van der Waals surface area contributed by atoms with Gasteiger partial charge in [0, 0.05) is 12.7 Å². The molecule has 0 aliphatic carbocycles. The minimum Gasteiger partial charge on any atom is -0.445 e. The number of aromatic nitrogens is 1. The molecule has 3 N–H and O–H groups in total. The van der Waals surface area contributed by atoms with Gasteiger partial charge in [0.2, 0.25) is 0 Å². The van der Waals surface area contributed by atoms with Crippen molar-refractivity contribution >= 4 is 23.8 Å². The molecule has 1 saturated heterocycles. The molecule has 206 valence electrons. The van der Waals surface area contributed by atoms with Gasteiger partial charge in [-0.3, -0.25) is 4.79 Å². The van der Waals surface area contributed by atoms with E-state index in [4.69, 9.17) is 9.47 Å². The van der Waals surface area contributed by atoms with E-state index in [9.17, 15) is 27.6 Å². The molecule has 1 aromatic carbocycles. The number of hydrogen-bond donors (Lipinski definition) is 3. The van der Waals surface area contributed by atoms with Crippen molar-refractivity contribution in [3.05, 3.63) is 59.8 Å². The number of alkyl carbamates (subject to hydrolysis) is 1. The van der Waals surface area contributed by atoms with Crippen LogP contribution in [0.5, 0.6) is 0 Å². The van der Waals surface area contributed by atoms with Crippen molar-refractivity contribution in [2.75, 3.05) is 18.5 Å². The summed E-state index contributed by atoms with van der Waals surface area (Å²) in [5.41, 5.74) is 0.617. The summed E-state index contributed by atoms with van der Waals surface area (Å²) in [6.07, 6.45) is -4.03. The minimum absolute atomic E-state index is 0.00398. The van der Waals surface area contributed by atoms with Gasteiger partial charge in [-0.15, -0.1) is 0 Å². The van der Waals surface area contributed by atoms with E-state index < -0.39 is 48.4 Å². The highest BCUT2D eigenvalue weighted by molar-refractivity contribution is 5.96. The maximum absolute atomic E-state index is 13.0. The second-order valence-electron chi connectivity index (χ2n) is 9.64. The lowest BCUT2D eigenvalue weighted by molar-refractivity contribution is -0.149. The minimum atomic E-state index is -4.55. The Morgan fingerprint density at radius 3 is 2.50 bits per heavy atom. The largest absolute Gasteiger partial charge is 0.445 e. The fourth-order valence-electron chi connectivity index (χ4n) is 3.41. The van der Waals surface area contributed by atoms with Gasteiger partial charge in [-0.1, -0.05) is 30.3 Å². The Morgan fingerprint density at radius 2 is 1.87 bits per heavy atom. The van der Waals surface area contributed by atoms with Crippen molar-refractivity contribution in [2.24, 2.45) is 0 Å². The topological polar surface area (TPSA) is 122 Å². The van der Waals surface area contributed by atoms with Crippen LogP contribution in [-0.4, -0.2) is 64.9 Å². The van der Waals surface area contributed by atoms with E-state index in [0.717, 1.165) is 10.5 Å². The molecule has 4 amide bonds. The van der Waals surface area contributed by atoms with Crippen LogP contribution >= 0.6 is 0 Å². The third kappa shape index (κ3) is 8.91. The third-order valence-corrected chi connectivity index (χ3v) is 5.34. The number of carbonyl (C=O) groups is 3. The summed E-state index contributed by atoms with van der Waals surface area (Å²) in [7, 11) is 0. The number of amides is 4. The normalized spacial score (nSPS) is 16.5. The number of ether oxygens (including phenoxy) is 2. The van der Waals surface area contributed by atoms with Crippen LogP contribution in [0, 0.1) is 0 Å². The predicted octanol–water partition coefficient (Wildman–Crippen LogP) is 3.59. The summed E-state index contributed by atoms with van der Waals surface area (Å²) in [5.74, 6) is -0.564. The summed E-state index contributed by atoms with van der Waals surface area (Å²) in [6.45, 7) is 4.56. The molecule has 2 heterocycles. The number of pyridine rings is 1. The van der Waals surface area contributed by atoms with Gasteiger partial charge >= 0.3 is 18.3 Å². The van der Waals surface area contributed by atoms with Crippen molar-refractivity contribution in [3.8, 4) is 0 Å². The molecule has 1 unspecified atom stereocenters. The first-order chi connectivity index (χ1) is 17.8. The van der Waals surface area contributed by atoms with Gasteiger partial charge in [0.15, 0.2) is 0 Å². The first-order valence-electron chi connectivity index (χ1n) is 11.8. The summed E-state index contributed by atoms with van der Waals surface area (Å²) >= 11 is 0. The Labute approximate surface area is 217 Å². The quantitative estimate of drug-likeness (QED) is 0.450. The second-order valence-corrected chi connectivity index (χ2v) is 9.64. The van der Waals surface area contributed by atoms with Gasteiger partial charge in [0.05, 0.1) is 18.8 Å². The first-order valence-corrected chi connectivity index (χ1v) is 11.8. The highest BCUT2D eigenvalue weighted by Crippen LogP contribution is 2.25. The fourth-order valence-corrected chi connectivity index (χ4v) is 3.41. The molecule has 0 bridgehead atoms. The van der Waals surface area contributed by atoms with Gasteiger partial charge in [-0.25, -0.2) is 14.6 Å². The van der Waals surface area contributed by atoms with Crippen LogP contribution in [0.25, 0.3) is 0 Å². The first kappa shape index (κ1) is 28.7. The molecule has 1 aliphatic heterocycles. The molecule has 13 heteroatoms. The van der Waals surface area contributed by atoms with Gasteiger partial charge < -0.3 is 30.3 Å². The zero-order valence-electron chi connectivity index (χ0n) is 21.2. The number of rotatable bonds is 9. The van der Waals surface area contributed by atoms with E-state index >= 15 is 0 Å². The van der Waals surface area contributed by atoms with Crippen molar-refractivity contribution in [2.45, 2.75) is 57.8 Å². The van der Waals surface area contributed by atoms with Crippen LogP contribution in [0.15, 0.2) is 48.7 Å². The number of benzene rings is 1. The van der Waals surface area contributed by atoms with E-state index in [1.54, 1.807) is 45.0 Å². The molecule has 1 aliphatic rings. The van der Waals surface area contributed by atoms with Crippen molar-refractivity contribution in [1.29, 1.82) is 0 Å². The Morgan fingerprint density at radius 1 is 1.16 bits per heavy atom. The molecule has 1 aromatic heterocycles. The number of halogens is 3. The van der Waals surface area contributed by atoms with Crippen LogP contribution in [0.4, 0.5) is 28.6 Å². The van der Waals surface area contributed by atoms with Crippen molar-refractivity contribution in [3.63, 3.8) is 0 Å². The van der Waals surface area contributed by atoms with Gasteiger partial charge in [-0.2, -0.15) is 13.2 Å². The number of alkyl halides is 3. The Bertz CT molecular complexity index is 1120. The van der Waals surface area contributed by atoms with E-state index in [0.29, 0.717) is 5.56 Å². The van der Waals surface area contributed by atoms with Crippen LogP contribution in [0.3, 0.4) is 0 Å². The Balaban J connectivity index is 1.63. The molecular formula is C25H30F3N5O5. The summed E-state index contributed by atoms with van der Waals surface area (Å²) in [5, 5.41) is 6.95. The summed E-state index contributed by atoms with van der Waals surface area (Å²) in [6, 6.07) is 8.02. The predicted molar refractivity (Wildman–Crippen MR) is 131 cm³/mol. The number of hydrogen-bond acceptors (Lipinski definition) is 6. The van der Waals surface area contributed by atoms with Crippen LogP contribution in [-0.2, 0) is 27.4 Å². The lowest BCUT2D eigenvalue weighted by atomic mass is 10.2. The lowest BCUT2D eigenvalue weighted by Crippen LogP contribution is -2.48. The van der Waals surface area contributed by atoms with E-state index in [1.807, 2.05) is 11.4 Å². The van der Waals surface area contributed by atoms with Crippen molar-refractivity contribution in [1.82, 2.24) is 20.5 Å². The maximum Gasteiger partial charge on any atom is 0.410 e. The monoisotopic (exact) mass is 537 g/mol. The van der Waals surface area contributed by atoms with E-state index in [2.05, 4.69) is 15.6 Å². The molecule has 2 atom stereocenters. The Hall–Kier alpha value is -3.87. The second kappa shape index (κ2) is 12.1. The SMILES string of the molecule is CC(C)(C)OCC(NC(=O)OCc1ccccc1)C(=O)Nc1cc(CN2C[C@@H](C(F)(F)F)NC2=O)ccn1. The maximum atomic E-state index is 13.0. The standard InChI is InChI=1S/C25H30F3N5O5/c1-24(2,3)38-15-18(30-23(36)37-14-16-7-5-4-6-8-16)21(34)32-20-11-17(9-10-29-20)12-33-13-19(25(26,27)28)31-22(33)35/h4-11,18-19H,12-15H2,1-3H3,(H,30,36)(H,31,35)(H,29,32,34)/t18?,19-/m0/s1. The smallest absolute Gasteiger partial charge is 0.410 e. The molecule has 0 radical (unpaired) electrons. The average molecular weight is 538 g/mol. The summed E-state index contributed by atoms with van der Waals surface area (Å²) < 4.78 is 49.7. The number of carbonyl (C=O) groups excluding carboxylic acids is 3. The number of anilines is 1. The molecule has 1 fully saturated rings. The lowest BCUT2D eigenvalue weighted by Gasteiger charge is -2.24. The molecule has 0 spiro atoms. The van der Waals surface area contributed by atoms with Crippen LogP contribution in [0.1, 0.15) is 31.9 Å². The molecule has 10 nitrogen and oxygen atoms in total. The fraction of sp³-hybridized carbons (Fsp3) is 0.440. The molecule has 0 saturated carbocycles. The third-order valence-electron chi connectivity index (χ3n) is 5.34.